The van der Waals surface area contributed by atoms with Crippen LogP contribution in [0.4, 0.5) is 0 Å². The second kappa shape index (κ2) is 7.74. The second-order valence-corrected chi connectivity index (χ2v) is 8.43. The highest BCUT2D eigenvalue weighted by molar-refractivity contribution is 5.85. The van der Waals surface area contributed by atoms with Gasteiger partial charge in [0.05, 0.1) is 19.3 Å². The molecule has 0 aliphatic rings. The van der Waals surface area contributed by atoms with Crippen LogP contribution in [0.25, 0.3) is 21.8 Å². The molecule has 1 amide bonds. The van der Waals surface area contributed by atoms with Crippen LogP contribution in [0.5, 0.6) is 0 Å². The van der Waals surface area contributed by atoms with E-state index in [2.05, 4.69) is 33.6 Å². The second-order valence-electron chi connectivity index (χ2n) is 8.43. The topological polar surface area (TPSA) is 81.8 Å². The van der Waals surface area contributed by atoms with Crippen LogP contribution in [0.15, 0.2) is 59.8 Å². The summed E-state index contributed by atoms with van der Waals surface area (Å²) in [7, 11) is 0. The summed E-state index contributed by atoms with van der Waals surface area (Å²) in [5.74, 6) is -0.0237. The number of aromatic nitrogens is 4. The molecule has 2 aromatic carbocycles. The first-order chi connectivity index (χ1) is 14.3. The van der Waals surface area contributed by atoms with Gasteiger partial charge < -0.3 is 5.32 Å². The van der Waals surface area contributed by atoms with Crippen LogP contribution in [-0.4, -0.2) is 31.8 Å². The van der Waals surface area contributed by atoms with E-state index in [0.717, 1.165) is 16.3 Å². The zero-order valence-electron chi connectivity index (χ0n) is 17.4. The fraction of sp³-hybridized carbons (Fsp3) is 0.304. The molecule has 154 valence electrons. The maximum Gasteiger partial charge on any atom is 0.264 e. The Kier molecular flexibility index (Phi) is 5.11. The van der Waals surface area contributed by atoms with Gasteiger partial charge in [-0.2, -0.15) is 5.10 Å². The average molecular weight is 403 g/mol. The SMILES string of the molecule is CC(C)(C)C(=O)NCCn1ncc2c(=O)n(Cc3cccc4ccccc34)cnc21. The van der Waals surface area contributed by atoms with Crippen LogP contribution in [-0.2, 0) is 17.9 Å². The molecule has 2 aromatic heterocycles. The lowest BCUT2D eigenvalue weighted by Crippen LogP contribution is -2.36. The summed E-state index contributed by atoms with van der Waals surface area (Å²) in [4.78, 5) is 29.5. The number of hydrogen-bond acceptors (Lipinski definition) is 4. The number of carbonyl (C=O) groups excluding carboxylic acids is 1. The van der Waals surface area contributed by atoms with Crippen LogP contribution >= 0.6 is 0 Å². The molecule has 0 saturated carbocycles. The van der Waals surface area contributed by atoms with Gasteiger partial charge in [0.25, 0.3) is 5.56 Å². The molecule has 30 heavy (non-hydrogen) atoms. The van der Waals surface area contributed by atoms with Gasteiger partial charge in [-0.05, 0) is 16.3 Å². The molecule has 0 aliphatic carbocycles. The number of hydrogen-bond donors (Lipinski definition) is 1. The number of carbonyl (C=O) groups is 1. The monoisotopic (exact) mass is 403 g/mol. The van der Waals surface area contributed by atoms with Crippen LogP contribution in [0.1, 0.15) is 26.3 Å². The van der Waals surface area contributed by atoms with Crippen LogP contribution in [0, 0.1) is 5.41 Å². The van der Waals surface area contributed by atoms with E-state index >= 15 is 0 Å². The lowest BCUT2D eigenvalue weighted by molar-refractivity contribution is -0.128. The quantitative estimate of drug-likeness (QED) is 0.555. The summed E-state index contributed by atoms with van der Waals surface area (Å²) in [6, 6.07) is 14.2. The lowest BCUT2D eigenvalue weighted by Gasteiger charge is -2.17. The Labute approximate surface area is 174 Å². The van der Waals surface area contributed by atoms with Gasteiger partial charge in [0.15, 0.2) is 5.65 Å². The predicted octanol–water partition coefficient (Wildman–Crippen LogP) is 2.96. The molecule has 0 atom stereocenters. The standard InChI is InChI=1S/C23H25N5O2/c1-23(2,3)22(30)24-11-12-28-20-19(13-26-28)21(29)27(15-25-20)14-17-9-6-8-16-7-4-5-10-18(16)17/h4-10,13,15H,11-12,14H2,1-3H3,(H,24,30). The molecule has 0 unspecified atom stereocenters. The Hall–Kier alpha value is -3.48. The Bertz CT molecular complexity index is 1270. The van der Waals surface area contributed by atoms with Crippen molar-refractivity contribution >= 4 is 27.7 Å². The Morgan fingerprint density at radius 2 is 1.83 bits per heavy atom. The van der Waals surface area contributed by atoms with Gasteiger partial charge in [-0.1, -0.05) is 63.2 Å². The molecule has 1 N–H and O–H groups in total. The maximum absolute atomic E-state index is 13.0. The minimum absolute atomic E-state index is 0.0237. The lowest BCUT2D eigenvalue weighted by atomic mass is 9.96. The summed E-state index contributed by atoms with van der Waals surface area (Å²) >= 11 is 0. The van der Waals surface area contributed by atoms with E-state index in [0.29, 0.717) is 30.7 Å². The normalized spacial score (nSPS) is 11.8. The molecule has 0 aliphatic heterocycles. The first-order valence-corrected chi connectivity index (χ1v) is 10.0. The highest BCUT2D eigenvalue weighted by Crippen LogP contribution is 2.19. The summed E-state index contributed by atoms with van der Waals surface area (Å²) < 4.78 is 3.26. The van der Waals surface area contributed by atoms with Crippen molar-refractivity contribution in [2.45, 2.75) is 33.9 Å². The van der Waals surface area contributed by atoms with Crippen LogP contribution in [0.2, 0.25) is 0 Å². The molecule has 2 heterocycles. The molecule has 0 fully saturated rings. The van der Waals surface area contributed by atoms with Gasteiger partial charge in [-0.15, -0.1) is 0 Å². The molecule has 4 rings (SSSR count). The van der Waals surface area contributed by atoms with Crippen molar-refractivity contribution in [3.63, 3.8) is 0 Å². The van der Waals surface area contributed by atoms with Crippen molar-refractivity contribution in [1.29, 1.82) is 0 Å². The van der Waals surface area contributed by atoms with E-state index in [1.165, 1.54) is 0 Å². The molecule has 7 nitrogen and oxygen atoms in total. The minimum atomic E-state index is -0.445. The van der Waals surface area contributed by atoms with Crippen LogP contribution < -0.4 is 10.9 Å². The molecule has 7 heteroatoms. The molecule has 4 aromatic rings. The Balaban J connectivity index is 1.57. The van der Waals surface area contributed by atoms with E-state index in [4.69, 9.17) is 0 Å². The highest BCUT2D eigenvalue weighted by atomic mass is 16.2. The third-order valence-electron chi connectivity index (χ3n) is 5.13. The zero-order chi connectivity index (χ0) is 21.3. The number of rotatable bonds is 5. The van der Waals surface area contributed by atoms with Gasteiger partial charge >= 0.3 is 0 Å². The number of nitrogens with zero attached hydrogens (tertiary/aromatic N) is 4. The smallest absolute Gasteiger partial charge is 0.264 e. The van der Waals surface area contributed by atoms with Crippen molar-refractivity contribution in [3.05, 3.63) is 70.9 Å². The van der Waals surface area contributed by atoms with Gasteiger partial charge in [0.2, 0.25) is 5.91 Å². The fourth-order valence-electron chi connectivity index (χ4n) is 3.43. The van der Waals surface area contributed by atoms with E-state index in [1.54, 1.807) is 21.8 Å². The van der Waals surface area contributed by atoms with Crippen molar-refractivity contribution < 1.29 is 4.79 Å². The van der Waals surface area contributed by atoms with Crippen molar-refractivity contribution in [1.82, 2.24) is 24.6 Å². The molecule has 0 saturated heterocycles. The van der Waals surface area contributed by atoms with Crippen molar-refractivity contribution in [3.8, 4) is 0 Å². The predicted molar refractivity (Wildman–Crippen MR) is 117 cm³/mol. The summed E-state index contributed by atoms with van der Waals surface area (Å²) in [6.07, 6.45) is 3.12. The first-order valence-electron chi connectivity index (χ1n) is 10.0. The van der Waals surface area contributed by atoms with Crippen LogP contribution in [0.3, 0.4) is 0 Å². The number of benzene rings is 2. The van der Waals surface area contributed by atoms with Gasteiger partial charge in [0.1, 0.15) is 11.7 Å². The van der Waals surface area contributed by atoms with E-state index < -0.39 is 5.41 Å². The Morgan fingerprint density at radius 1 is 1.07 bits per heavy atom. The molecular weight excluding hydrogens is 378 g/mol. The van der Waals surface area contributed by atoms with Gasteiger partial charge in [-0.25, -0.2) is 9.67 Å². The third kappa shape index (κ3) is 3.83. The summed E-state index contributed by atoms with van der Waals surface area (Å²) in [5, 5.41) is 9.93. The van der Waals surface area contributed by atoms with E-state index in [9.17, 15) is 9.59 Å². The van der Waals surface area contributed by atoms with Crippen molar-refractivity contribution in [2.24, 2.45) is 5.41 Å². The third-order valence-corrected chi connectivity index (χ3v) is 5.13. The molecule has 0 radical (unpaired) electrons. The number of nitrogens with one attached hydrogen (secondary N) is 1. The molecular formula is C23H25N5O2. The minimum Gasteiger partial charge on any atom is -0.354 e. The Morgan fingerprint density at radius 3 is 2.63 bits per heavy atom. The summed E-state index contributed by atoms with van der Waals surface area (Å²) in [6.45, 7) is 6.91. The highest BCUT2D eigenvalue weighted by Gasteiger charge is 2.20. The van der Waals surface area contributed by atoms with E-state index in [1.807, 2.05) is 45.0 Å². The fourth-order valence-corrected chi connectivity index (χ4v) is 3.43. The maximum atomic E-state index is 13.0. The summed E-state index contributed by atoms with van der Waals surface area (Å²) in [5.41, 5.74) is 1.02. The average Bonchev–Trinajstić information content (AvgIpc) is 3.13. The van der Waals surface area contributed by atoms with Gasteiger partial charge in [0, 0.05) is 12.0 Å². The molecule has 0 bridgehead atoms. The van der Waals surface area contributed by atoms with Crippen molar-refractivity contribution in [2.75, 3.05) is 6.54 Å². The number of amides is 1. The first kappa shape index (κ1) is 19.8. The van der Waals surface area contributed by atoms with E-state index in [-0.39, 0.29) is 11.5 Å². The molecule has 0 spiro atoms. The zero-order valence-corrected chi connectivity index (χ0v) is 17.4. The number of fused-ring (bicyclic) bond motifs is 2. The largest absolute Gasteiger partial charge is 0.354 e. The van der Waals surface area contributed by atoms with Gasteiger partial charge in [-0.3, -0.25) is 14.2 Å².